The van der Waals surface area contributed by atoms with Gasteiger partial charge in [0.15, 0.2) is 0 Å². The molecule has 102 valence electrons. The van der Waals surface area contributed by atoms with E-state index in [2.05, 4.69) is 5.32 Å². The van der Waals surface area contributed by atoms with E-state index in [9.17, 15) is 4.79 Å². The third-order valence-electron chi connectivity index (χ3n) is 3.15. The molecule has 0 bridgehead atoms. The zero-order valence-electron chi connectivity index (χ0n) is 11.0. The molecule has 2 heterocycles. The number of furan rings is 2. The number of para-hydroxylation sites is 1. The standard InChI is InChI=1S/C16H15NO3/c18-16(13-7-9-19-11-13)17-8-3-5-14-10-12-4-1-2-6-15(12)20-14/h1-2,4,6-7,9-11H,3,5,8H2,(H,17,18). The average Bonchev–Trinajstić information content (AvgIpc) is 3.11. The van der Waals surface area contributed by atoms with E-state index in [1.54, 1.807) is 6.07 Å². The number of aryl methyl sites for hydroxylation is 1. The first-order valence-corrected chi connectivity index (χ1v) is 6.61. The summed E-state index contributed by atoms with van der Waals surface area (Å²) < 4.78 is 10.6. The number of rotatable bonds is 5. The van der Waals surface area contributed by atoms with Gasteiger partial charge in [0.1, 0.15) is 17.6 Å². The number of hydrogen-bond donors (Lipinski definition) is 1. The van der Waals surface area contributed by atoms with Crippen LogP contribution in [0.5, 0.6) is 0 Å². The molecule has 1 aromatic carbocycles. The Morgan fingerprint density at radius 2 is 2.10 bits per heavy atom. The smallest absolute Gasteiger partial charge is 0.254 e. The molecule has 4 heteroatoms. The van der Waals surface area contributed by atoms with Crippen molar-refractivity contribution in [2.75, 3.05) is 6.54 Å². The van der Waals surface area contributed by atoms with Gasteiger partial charge in [0.05, 0.1) is 11.8 Å². The van der Waals surface area contributed by atoms with E-state index in [4.69, 9.17) is 8.83 Å². The molecule has 0 atom stereocenters. The van der Waals surface area contributed by atoms with Crippen LogP contribution in [-0.2, 0) is 6.42 Å². The first-order valence-electron chi connectivity index (χ1n) is 6.61. The molecule has 20 heavy (non-hydrogen) atoms. The summed E-state index contributed by atoms with van der Waals surface area (Å²) in [5.74, 6) is 0.840. The Hall–Kier alpha value is -2.49. The van der Waals surface area contributed by atoms with E-state index >= 15 is 0 Å². The Bertz CT molecular complexity index is 664. The number of fused-ring (bicyclic) bond motifs is 1. The number of benzene rings is 1. The Labute approximate surface area is 116 Å². The van der Waals surface area contributed by atoms with Gasteiger partial charge in [0, 0.05) is 18.4 Å². The van der Waals surface area contributed by atoms with Crippen molar-refractivity contribution in [2.45, 2.75) is 12.8 Å². The number of amides is 1. The van der Waals surface area contributed by atoms with Crippen molar-refractivity contribution >= 4 is 16.9 Å². The van der Waals surface area contributed by atoms with Gasteiger partial charge in [-0.25, -0.2) is 0 Å². The molecule has 4 nitrogen and oxygen atoms in total. The van der Waals surface area contributed by atoms with Crippen LogP contribution < -0.4 is 5.32 Å². The monoisotopic (exact) mass is 269 g/mol. The topological polar surface area (TPSA) is 55.4 Å². The van der Waals surface area contributed by atoms with Crippen molar-refractivity contribution in [3.63, 3.8) is 0 Å². The lowest BCUT2D eigenvalue weighted by Gasteiger charge is -2.01. The van der Waals surface area contributed by atoms with Gasteiger partial charge in [-0.2, -0.15) is 0 Å². The molecule has 0 saturated heterocycles. The van der Waals surface area contributed by atoms with Crippen LogP contribution in [0.1, 0.15) is 22.5 Å². The second-order valence-electron chi connectivity index (χ2n) is 4.62. The van der Waals surface area contributed by atoms with Crippen LogP contribution >= 0.6 is 0 Å². The summed E-state index contributed by atoms with van der Waals surface area (Å²) >= 11 is 0. The Morgan fingerprint density at radius 1 is 1.20 bits per heavy atom. The van der Waals surface area contributed by atoms with Crippen LogP contribution in [0.2, 0.25) is 0 Å². The summed E-state index contributed by atoms with van der Waals surface area (Å²) in [7, 11) is 0. The minimum atomic E-state index is -0.108. The Balaban J connectivity index is 1.49. The second kappa shape index (κ2) is 5.65. The van der Waals surface area contributed by atoms with Gasteiger partial charge in [0.25, 0.3) is 5.91 Å². The molecule has 0 spiro atoms. The lowest BCUT2D eigenvalue weighted by molar-refractivity contribution is 0.0952. The number of hydrogen-bond acceptors (Lipinski definition) is 3. The van der Waals surface area contributed by atoms with Crippen molar-refractivity contribution in [1.29, 1.82) is 0 Å². The molecule has 0 unspecified atom stereocenters. The van der Waals surface area contributed by atoms with Gasteiger partial charge in [-0.15, -0.1) is 0 Å². The van der Waals surface area contributed by atoms with Gasteiger partial charge < -0.3 is 14.2 Å². The lowest BCUT2D eigenvalue weighted by atomic mass is 10.2. The van der Waals surface area contributed by atoms with Crippen LogP contribution in [0, 0.1) is 0 Å². The quantitative estimate of drug-likeness (QED) is 0.722. The molecule has 0 fully saturated rings. The Morgan fingerprint density at radius 3 is 2.90 bits per heavy atom. The maximum atomic E-state index is 11.7. The predicted octanol–water partition coefficient (Wildman–Crippen LogP) is 3.39. The molecule has 3 aromatic rings. The van der Waals surface area contributed by atoms with Crippen molar-refractivity contribution in [2.24, 2.45) is 0 Å². The highest BCUT2D eigenvalue weighted by Gasteiger charge is 2.06. The summed E-state index contributed by atoms with van der Waals surface area (Å²) in [6.07, 6.45) is 4.57. The molecule has 1 amide bonds. The molecular formula is C16H15NO3. The molecule has 3 rings (SSSR count). The van der Waals surface area contributed by atoms with Gasteiger partial charge in [0.2, 0.25) is 0 Å². The highest BCUT2D eigenvalue weighted by atomic mass is 16.3. The van der Waals surface area contributed by atoms with Gasteiger partial charge >= 0.3 is 0 Å². The van der Waals surface area contributed by atoms with Crippen LogP contribution in [0.25, 0.3) is 11.0 Å². The zero-order valence-corrected chi connectivity index (χ0v) is 11.0. The van der Waals surface area contributed by atoms with Crippen molar-refractivity contribution in [3.05, 3.63) is 60.2 Å². The van der Waals surface area contributed by atoms with Gasteiger partial charge in [-0.1, -0.05) is 18.2 Å². The maximum Gasteiger partial charge on any atom is 0.254 e. The number of carbonyl (C=O) groups is 1. The maximum absolute atomic E-state index is 11.7. The third-order valence-corrected chi connectivity index (χ3v) is 3.15. The fourth-order valence-electron chi connectivity index (χ4n) is 2.12. The fourth-order valence-corrected chi connectivity index (χ4v) is 2.12. The molecule has 0 radical (unpaired) electrons. The highest BCUT2D eigenvalue weighted by molar-refractivity contribution is 5.93. The molecule has 1 N–H and O–H groups in total. The normalized spacial score (nSPS) is 10.8. The minimum Gasteiger partial charge on any atom is -0.472 e. The first-order chi connectivity index (χ1) is 9.83. The van der Waals surface area contributed by atoms with Gasteiger partial charge in [-0.3, -0.25) is 4.79 Å². The van der Waals surface area contributed by atoms with Crippen molar-refractivity contribution in [3.8, 4) is 0 Å². The van der Waals surface area contributed by atoms with Crippen LogP contribution in [0.15, 0.2) is 57.8 Å². The van der Waals surface area contributed by atoms with E-state index in [-0.39, 0.29) is 5.91 Å². The van der Waals surface area contributed by atoms with Crippen LogP contribution in [0.4, 0.5) is 0 Å². The SMILES string of the molecule is O=C(NCCCc1cc2ccccc2o1)c1ccoc1. The zero-order chi connectivity index (χ0) is 13.8. The molecule has 0 aliphatic rings. The Kier molecular flexibility index (Phi) is 3.54. The number of nitrogens with one attached hydrogen (secondary N) is 1. The summed E-state index contributed by atoms with van der Waals surface area (Å²) in [5.41, 5.74) is 1.46. The minimum absolute atomic E-state index is 0.108. The van der Waals surface area contributed by atoms with E-state index in [0.717, 1.165) is 29.6 Å². The number of carbonyl (C=O) groups excluding carboxylic acids is 1. The van der Waals surface area contributed by atoms with E-state index in [0.29, 0.717) is 12.1 Å². The summed E-state index contributed by atoms with van der Waals surface area (Å²) in [6.45, 7) is 0.612. The predicted molar refractivity (Wildman–Crippen MR) is 75.6 cm³/mol. The van der Waals surface area contributed by atoms with E-state index in [1.165, 1.54) is 12.5 Å². The summed E-state index contributed by atoms with van der Waals surface area (Å²) in [4.78, 5) is 11.7. The molecule has 2 aromatic heterocycles. The lowest BCUT2D eigenvalue weighted by Crippen LogP contribution is -2.24. The second-order valence-corrected chi connectivity index (χ2v) is 4.62. The van der Waals surface area contributed by atoms with Crippen molar-refractivity contribution < 1.29 is 13.6 Å². The van der Waals surface area contributed by atoms with Gasteiger partial charge in [-0.05, 0) is 24.6 Å². The van der Waals surface area contributed by atoms with E-state index < -0.39 is 0 Å². The van der Waals surface area contributed by atoms with Crippen LogP contribution in [0.3, 0.4) is 0 Å². The first kappa shape index (κ1) is 12.5. The third kappa shape index (κ3) is 2.74. The molecule has 0 aliphatic carbocycles. The average molecular weight is 269 g/mol. The summed E-state index contributed by atoms with van der Waals surface area (Å²) in [6, 6.07) is 11.6. The fraction of sp³-hybridized carbons (Fsp3) is 0.188. The summed E-state index contributed by atoms with van der Waals surface area (Å²) in [5, 5.41) is 3.96. The largest absolute Gasteiger partial charge is 0.472 e. The van der Waals surface area contributed by atoms with Crippen LogP contribution in [-0.4, -0.2) is 12.5 Å². The highest BCUT2D eigenvalue weighted by Crippen LogP contribution is 2.19. The molecule has 0 aliphatic heterocycles. The molecule has 0 saturated carbocycles. The molecular weight excluding hydrogens is 254 g/mol. The van der Waals surface area contributed by atoms with E-state index in [1.807, 2.05) is 30.3 Å². The van der Waals surface area contributed by atoms with Crippen molar-refractivity contribution in [1.82, 2.24) is 5.32 Å².